The van der Waals surface area contributed by atoms with Gasteiger partial charge in [0.1, 0.15) is 0 Å². The third-order valence-electron chi connectivity index (χ3n) is 1.90. The zero-order chi connectivity index (χ0) is 9.72. The number of carboxylic acid groups (broad SMARTS) is 1. The average molecular weight is 169 g/mol. The van der Waals surface area contributed by atoms with Gasteiger partial charge in [-0.05, 0) is 13.8 Å². The van der Waals surface area contributed by atoms with E-state index in [1.54, 1.807) is 6.92 Å². The van der Waals surface area contributed by atoms with Gasteiger partial charge in [-0.2, -0.15) is 0 Å². The first-order valence-electron chi connectivity index (χ1n) is 3.94. The van der Waals surface area contributed by atoms with Crippen LogP contribution in [0.25, 0.3) is 0 Å². The van der Waals surface area contributed by atoms with Gasteiger partial charge < -0.3 is 10.4 Å². The third-order valence-corrected chi connectivity index (χ3v) is 1.90. The number of hydrogen-bond donors (Lipinski definition) is 2. The summed E-state index contributed by atoms with van der Waals surface area (Å²) >= 11 is 0. The summed E-state index contributed by atoms with van der Waals surface area (Å²) in [6.07, 6.45) is 5.14. The van der Waals surface area contributed by atoms with Crippen molar-refractivity contribution in [2.24, 2.45) is 5.92 Å². The zero-order valence-corrected chi connectivity index (χ0v) is 7.66. The van der Waals surface area contributed by atoms with Gasteiger partial charge in [0, 0.05) is 6.04 Å². The molecule has 3 atom stereocenters. The SMILES string of the molecule is C#CC(C)NC(C)C(C)C(=O)O. The summed E-state index contributed by atoms with van der Waals surface area (Å²) in [4.78, 5) is 10.5. The highest BCUT2D eigenvalue weighted by molar-refractivity contribution is 5.70. The zero-order valence-electron chi connectivity index (χ0n) is 7.66. The van der Waals surface area contributed by atoms with Crippen LogP contribution in [0.4, 0.5) is 0 Å². The molecular weight excluding hydrogens is 154 g/mol. The maximum Gasteiger partial charge on any atom is 0.307 e. The lowest BCUT2D eigenvalue weighted by Gasteiger charge is -2.19. The summed E-state index contributed by atoms with van der Waals surface area (Å²) in [6.45, 7) is 5.29. The van der Waals surface area contributed by atoms with Crippen LogP contribution in [-0.2, 0) is 4.79 Å². The van der Waals surface area contributed by atoms with Gasteiger partial charge in [-0.15, -0.1) is 6.42 Å². The van der Waals surface area contributed by atoms with Crippen LogP contribution in [0.15, 0.2) is 0 Å². The van der Waals surface area contributed by atoms with E-state index in [4.69, 9.17) is 11.5 Å². The maximum absolute atomic E-state index is 10.5. The lowest BCUT2D eigenvalue weighted by molar-refractivity contribution is -0.141. The predicted molar refractivity (Wildman–Crippen MR) is 47.7 cm³/mol. The number of nitrogens with one attached hydrogen (secondary N) is 1. The quantitative estimate of drug-likeness (QED) is 0.609. The van der Waals surface area contributed by atoms with E-state index in [0.717, 1.165) is 0 Å². The van der Waals surface area contributed by atoms with Crippen LogP contribution >= 0.6 is 0 Å². The summed E-state index contributed by atoms with van der Waals surface area (Å²) in [5, 5.41) is 11.6. The Labute approximate surface area is 73.2 Å². The Bertz CT molecular complexity index is 195. The van der Waals surface area contributed by atoms with E-state index in [-0.39, 0.29) is 12.1 Å². The number of carboxylic acids is 1. The number of aliphatic carboxylic acids is 1. The molecule has 2 N–H and O–H groups in total. The van der Waals surface area contributed by atoms with Crippen molar-refractivity contribution in [3.63, 3.8) is 0 Å². The number of terminal acetylenes is 1. The summed E-state index contributed by atoms with van der Waals surface area (Å²) in [5.41, 5.74) is 0. The fraction of sp³-hybridized carbons (Fsp3) is 0.667. The lowest BCUT2D eigenvalue weighted by atomic mass is 10.0. The van der Waals surface area contributed by atoms with E-state index in [0.29, 0.717) is 0 Å². The molecule has 0 fully saturated rings. The third kappa shape index (κ3) is 3.40. The first-order valence-corrected chi connectivity index (χ1v) is 3.94. The first-order chi connectivity index (χ1) is 5.49. The fourth-order valence-electron chi connectivity index (χ4n) is 0.801. The minimum absolute atomic E-state index is 0.0817. The van der Waals surface area contributed by atoms with E-state index in [9.17, 15) is 4.79 Å². The van der Waals surface area contributed by atoms with Gasteiger partial charge in [-0.1, -0.05) is 12.8 Å². The Morgan fingerprint density at radius 1 is 1.50 bits per heavy atom. The first kappa shape index (κ1) is 11.0. The summed E-state index contributed by atoms with van der Waals surface area (Å²) < 4.78 is 0. The topological polar surface area (TPSA) is 49.3 Å². The van der Waals surface area contributed by atoms with E-state index >= 15 is 0 Å². The average Bonchev–Trinajstić information content (AvgIpc) is 2.02. The summed E-state index contributed by atoms with van der Waals surface area (Å²) in [5.74, 6) is 1.26. The number of rotatable bonds is 4. The van der Waals surface area contributed by atoms with Crippen LogP contribution in [0.1, 0.15) is 20.8 Å². The Hall–Kier alpha value is -1.01. The fourth-order valence-corrected chi connectivity index (χ4v) is 0.801. The second-order valence-corrected chi connectivity index (χ2v) is 2.97. The minimum atomic E-state index is -0.806. The van der Waals surface area contributed by atoms with Crippen molar-refractivity contribution in [1.29, 1.82) is 0 Å². The molecule has 0 aliphatic carbocycles. The molecule has 0 spiro atoms. The largest absolute Gasteiger partial charge is 0.481 e. The van der Waals surface area contributed by atoms with Crippen LogP contribution in [0.3, 0.4) is 0 Å². The Morgan fingerprint density at radius 3 is 2.33 bits per heavy atom. The standard InChI is InChI=1S/C9H15NO2/c1-5-6(2)10-8(4)7(3)9(11)12/h1,6-8,10H,2-4H3,(H,11,12). The highest BCUT2D eigenvalue weighted by atomic mass is 16.4. The van der Waals surface area contributed by atoms with Gasteiger partial charge in [0.05, 0.1) is 12.0 Å². The minimum Gasteiger partial charge on any atom is -0.481 e. The van der Waals surface area contributed by atoms with Crippen LogP contribution in [0, 0.1) is 18.3 Å². The molecule has 0 radical (unpaired) electrons. The van der Waals surface area contributed by atoms with Crippen molar-refractivity contribution >= 4 is 5.97 Å². The van der Waals surface area contributed by atoms with Gasteiger partial charge >= 0.3 is 5.97 Å². The monoisotopic (exact) mass is 169 g/mol. The van der Waals surface area contributed by atoms with Crippen molar-refractivity contribution in [1.82, 2.24) is 5.32 Å². The van der Waals surface area contributed by atoms with Crippen LogP contribution in [-0.4, -0.2) is 23.2 Å². The highest BCUT2D eigenvalue weighted by Gasteiger charge is 2.19. The normalized spacial score (nSPS) is 17.5. The van der Waals surface area contributed by atoms with Gasteiger partial charge in [0.2, 0.25) is 0 Å². The highest BCUT2D eigenvalue weighted by Crippen LogP contribution is 2.02. The number of carbonyl (C=O) groups is 1. The molecule has 0 aromatic rings. The van der Waals surface area contributed by atoms with Crippen molar-refractivity contribution < 1.29 is 9.90 Å². The molecule has 3 heteroatoms. The molecule has 68 valence electrons. The van der Waals surface area contributed by atoms with E-state index in [2.05, 4.69) is 11.2 Å². The molecule has 0 aliphatic heterocycles. The smallest absolute Gasteiger partial charge is 0.307 e. The maximum atomic E-state index is 10.5. The van der Waals surface area contributed by atoms with E-state index in [1.807, 2.05) is 13.8 Å². The van der Waals surface area contributed by atoms with Crippen molar-refractivity contribution in [3.8, 4) is 12.3 Å². The molecule has 0 bridgehead atoms. The van der Waals surface area contributed by atoms with Gasteiger partial charge in [-0.3, -0.25) is 4.79 Å². The molecule has 0 heterocycles. The molecule has 0 aliphatic rings. The molecule has 0 saturated carbocycles. The predicted octanol–water partition coefficient (Wildman–Crippen LogP) is 0.707. The molecule has 0 saturated heterocycles. The van der Waals surface area contributed by atoms with Crippen LogP contribution < -0.4 is 5.32 Å². The molecule has 0 aromatic carbocycles. The molecule has 0 rings (SSSR count). The Morgan fingerprint density at radius 2 is 2.00 bits per heavy atom. The molecule has 12 heavy (non-hydrogen) atoms. The van der Waals surface area contributed by atoms with E-state index < -0.39 is 11.9 Å². The number of hydrogen-bond acceptors (Lipinski definition) is 2. The molecule has 3 unspecified atom stereocenters. The summed E-state index contributed by atoms with van der Waals surface area (Å²) in [7, 11) is 0. The van der Waals surface area contributed by atoms with Crippen LogP contribution in [0.2, 0.25) is 0 Å². The lowest BCUT2D eigenvalue weighted by Crippen LogP contribution is -2.40. The van der Waals surface area contributed by atoms with Gasteiger partial charge in [-0.25, -0.2) is 0 Å². The summed E-state index contributed by atoms with van der Waals surface area (Å²) in [6, 6.07) is -0.185. The molecular formula is C9H15NO2. The Kier molecular flexibility index (Phi) is 4.38. The van der Waals surface area contributed by atoms with E-state index in [1.165, 1.54) is 0 Å². The molecule has 3 nitrogen and oxygen atoms in total. The second-order valence-electron chi connectivity index (χ2n) is 2.97. The van der Waals surface area contributed by atoms with Gasteiger partial charge in [0.15, 0.2) is 0 Å². The molecule has 0 aromatic heterocycles. The van der Waals surface area contributed by atoms with Crippen molar-refractivity contribution in [3.05, 3.63) is 0 Å². The van der Waals surface area contributed by atoms with Crippen molar-refractivity contribution in [2.45, 2.75) is 32.9 Å². The van der Waals surface area contributed by atoms with Gasteiger partial charge in [0.25, 0.3) is 0 Å². The molecule has 0 amide bonds. The van der Waals surface area contributed by atoms with Crippen molar-refractivity contribution in [2.75, 3.05) is 0 Å². The second kappa shape index (κ2) is 4.78. The van der Waals surface area contributed by atoms with Crippen LogP contribution in [0.5, 0.6) is 0 Å². The Balaban J connectivity index is 3.96.